The van der Waals surface area contributed by atoms with Crippen LogP contribution in [0.2, 0.25) is 0 Å². The number of carbonyl (C=O) groups excluding carboxylic acids is 1. The normalized spacial score (nSPS) is 13.8. The Balaban J connectivity index is 2.24. The van der Waals surface area contributed by atoms with E-state index in [-0.39, 0.29) is 12.5 Å². The molecule has 0 fully saturated rings. The van der Waals surface area contributed by atoms with Gasteiger partial charge in [-0.05, 0) is 29.7 Å². The minimum atomic E-state index is -0.870. The summed E-state index contributed by atoms with van der Waals surface area (Å²) in [5, 5.41) is 8.82. The Morgan fingerprint density at radius 2 is 2.15 bits per heavy atom. The van der Waals surface area contributed by atoms with Crippen LogP contribution in [0.5, 0.6) is 0 Å². The maximum atomic E-state index is 12.0. The van der Waals surface area contributed by atoms with E-state index >= 15 is 0 Å². The molecule has 0 bridgehead atoms. The van der Waals surface area contributed by atoms with E-state index < -0.39 is 5.97 Å². The lowest BCUT2D eigenvalue weighted by atomic mass is 10.1. The third-order valence-corrected chi connectivity index (χ3v) is 3.36. The first-order chi connectivity index (χ1) is 9.38. The highest BCUT2D eigenvalue weighted by Crippen LogP contribution is 2.32. The molecule has 20 heavy (non-hydrogen) atoms. The molecule has 0 saturated heterocycles. The molecule has 1 aliphatic rings. The monoisotopic (exact) mass is 276 g/mol. The fourth-order valence-corrected chi connectivity index (χ4v) is 2.47. The van der Waals surface area contributed by atoms with Gasteiger partial charge in [-0.15, -0.1) is 0 Å². The number of amides is 1. The summed E-state index contributed by atoms with van der Waals surface area (Å²) in [5.74, 6) is -0.337. The van der Waals surface area contributed by atoms with Gasteiger partial charge in [0, 0.05) is 25.0 Å². The van der Waals surface area contributed by atoms with Crippen molar-refractivity contribution >= 4 is 23.3 Å². The van der Waals surface area contributed by atoms with Gasteiger partial charge in [0.25, 0.3) is 0 Å². The maximum absolute atomic E-state index is 12.0. The van der Waals surface area contributed by atoms with Crippen molar-refractivity contribution in [3.8, 4) is 0 Å². The quantitative estimate of drug-likeness (QED) is 0.890. The second-order valence-corrected chi connectivity index (χ2v) is 5.64. The molecule has 0 saturated carbocycles. The molecule has 0 unspecified atom stereocenters. The molecule has 0 spiro atoms. The molecule has 1 aliphatic heterocycles. The number of anilines is 2. The summed E-state index contributed by atoms with van der Waals surface area (Å²) in [5.41, 5.74) is 2.76. The largest absolute Gasteiger partial charge is 0.480 e. The lowest BCUT2D eigenvalue weighted by Crippen LogP contribution is -2.30. The van der Waals surface area contributed by atoms with Crippen molar-refractivity contribution in [3.63, 3.8) is 0 Å². The first-order valence-corrected chi connectivity index (χ1v) is 6.74. The fraction of sp³-hybridized carbons (Fsp3) is 0.467. The molecule has 108 valence electrons. The van der Waals surface area contributed by atoms with Gasteiger partial charge >= 0.3 is 5.97 Å². The smallest absolute Gasteiger partial charge is 0.323 e. The molecular weight excluding hydrogens is 256 g/mol. The van der Waals surface area contributed by atoms with Crippen molar-refractivity contribution in [2.75, 3.05) is 29.9 Å². The third-order valence-electron chi connectivity index (χ3n) is 3.36. The van der Waals surface area contributed by atoms with Crippen molar-refractivity contribution in [1.29, 1.82) is 0 Å². The van der Waals surface area contributed by atoms with Crippen LogP contribution in [0.15, 0.2) is 18.2 Å². The first-order valence-electron chi connectivity index (χ1n) is 6.74. The van der Waals surface area contributed by atoms with Gasteiger partial charge in [0.05, 0.1) is 6.42 Å². The number of benzene rings is 1. The van der Waals surface area contributed by atoms with Crippen molar-refractivity contribution < 1.29 is 14.7 Å². The van der Waals surface area contributed by atoms with Crippen molar-refractivity contribution in [3.05, 3.63) is 23.8 Å². The van der Waals surface area contributed by atoms with Gasteiger partial charge in [0.1, 0.15) is 6.54 Å². The minimum Gasteiger partial charge on any atom is -0.480 e. The molecule has 1 heterocycles. The number of likely N-dealkylation sites (N-methyl/N-ethyl adjacent to an activating group) is 1. The summed E-state index contributed by atoms with van der Waals surface area (Å²) in [7, 11) is 1.73. The predicted molar refractivity (Wildman–Crippen MR) is 78.2 cm³/mol. The molecule has 0 atom stereocenters. The van der Waals surface area contributed by atoms with E-state index in [2.05, 4.69) is 13.8 Å². The zero-order valence-electron chi connectivity index (χ0n) is 12.1. The molecule has 0 aromatic heterocycles. The number of nitrogens with zero attached hydrogens (tertiary/aromatic N) is 2. The van der Waals surface area contributed by atoms with Crippen LogP contribution < -0.4 is 9.80 Å². The van der Waals surface area contributed by atoms with Crippen LogP contribution in [0, 0.1) is 5.92 Å². The lowest BCUT2D eigenvalue weighted by molar-refractivity contribution is -0.135. The number of hydrogen-bond acceptors (Lipinski definition) is 3. The van der Waals surface area contributed by atoms with Crippen LogP contribution in [0.4, 0.5) is 11.4 Å². The van der Waals surface area contributed by atoms with Crippen LogP contribution >= 0.6 is 0 Å². The van der Waals surface area contributed by atoms with E-state index in [0.717, 1.165) is 23.5 Å². The van der Waals surface area contributed by atoms with E-state index in [4.69, 9.17) is 5.11 Å². The minimum absolute atomic E-state index is 0.0531. The highest BCUT2D eigenvalue weighted by atomic mass is 16.4. The summed E-state index contributed by atoms with van der Waals surface area (Å²) in [4.78, 5) is 26.3. The Bertz CT molecular complexity index is 540. The Kier molecular flexibility index (Phi) is 3.97. The summed E-state index contributed by atoms with van der Waals surface area (Å²) >= 11 is 0. The van der Waals surface area contributed by atoms with Crippen LogP contribution in [0.1, 0.15) is 19.4 Å². The Morgan fingerprint density at radius 3 is 2.75 bits per heavy atom. The predicted octanol–water partition coefficient (Wildman–Crippen LogP) is 1.75. The number of aliphatic carboxylic acids is 1. The standard InChI is InChI=1S/C15H20N2O3/c1-10(2)8-17-13-5-4-12(16(3)9-15(19)20)6-11(13)7-14(17)18/h4-6,10H,7-9H2,1-3H3,(H,19,20). The Hall–Kier alpha value is -2.04. The molecule has 0 radical (unpaired) electrons. The van der Waals surface area contributed by atoms with E-state index in [1.54, 1.807) is 11.9 Å². The Morgan fingerprint density at radius 1 is 1.45 bits per heavy atom. The van der Waals surface area contributed by atoms with Gasteiger partial charge in [0.2, 0.25) is 5.91 Å². The molecule has 1 aromatic rings. The van der Waals surface area contributed by atoms with Crippen molar-refractivity contribution in [2.24, 2.45) is 5.92 Å². The maximum Gasteiger partial charge on any atom is 0.323 e. The summed E-state index contributed by atoms with van der Waals surface area (Å²) in [6.07, 6.45) is 0.400. The zero-order valence-corrected chi connectivity index (χ0v) is 12.1. The van der Waals surface area contributed by atoms with Crippen LogP contribution in [0.3, 0.4) is 0 Å². The summed E-state index contributed by atoms with van der Waals surface area (Å²) < 4.78 is 0. The molecule has 1 N–H and O–H groups in total. The van der Waals surface area contributed by atoms with Crippen molar-refractivity contribution in [1.82, 2.24) is 0 Å². The second kappa shape index (κ2) is 5.53. The number of rotatable bonds is 5. The lowest BCUT2D eigenvalue weighted by Gasteiger charge is -2.21. The molecule has 1 amide bonds. The van der Waals surface area contributed by atoms with E-state index in [9.17, 15) is 9.59 Å². The SMILES string of the molecule is CC(C)CN1C(=O)Cc2cc(N(C)CC(=O)O)ccc21. The average molecular weight is 276 g/mol. The Labute approximate surface area is 118 Å². The van der Waals surface area contributed by atoms with Gasteiger partial charge in [-0.2, -0.15) is 0 Å². The number of carbonyl (C=O) groups is 2. The number of hydrogen-bond donors (Lipinski definition) is 1. The van der Waals surface area contributed by atoms with Crippen LogP contribution in [0.25, 0.3) is 0 Å². The van der Waals surface area contributed by atoms with E-state index in [1.165, 1.54) is 0 Å². The molecule has 1 aromatic carbocycles. The zero-order chi connectivity index (χ0) is 14.9. The highest BCUT2D eigenvalue weighted by Gasteiger charge is 2.28. The van der Waals surface area contributed by atoms with Gasteiger partial charge in [0.15, 0.2) is 0 Å². The number of fused-ring (bicyclic) bond motifs is 1. The molecule has 5 nitrogen and oxygen atoms in total. The summed E-state index contributed by atoms with van der Waals surface area (Å²) in [6, 6.07) is 5.69. The molecule has 0 aliphatic carbocycles. The number of carboxylic acid groups (broad SMARTS) is 1. The first kappa shape index (κ1) is 14.4. The average Bonchev–Trinajstić information content (AvgIpc) is 2.63. The number of carboxylic acids is 1. The fourth-order valence-electron chi connectivity index (χ4n) is 2.47. The van der Waals surface area contributed by atoms with Gasteiger partial charge in [-0.1, -0.05) is 13.8 Å². The van der Waals surface area contributed by atoms with Gasteiger partial charge < -0.3 is 14.9 Å². The van der Waals surface area contributed by atoms with Crippen LogP contribution in [-0.4, -0.2) is 37.1 Å². The second-order valence-electron chi connectivity index (χ2n) is 5.64. The molecule has 5 heteroatoms. The van der Waals surface area contributed by atoms with E-state index in [0.29, 0.717) is 12.3 Å². The van der Waals surface area contributed by atoms with E-state index in [1.807, 2.05) is 23.1 Å². The van der Waals surface area contributed by atoms with Crippen LogP contribution in [-0.2, 0) is 16.0 Å². The highest BCUT2D eigenvalue weighted by molar-refractivity contribution is 6.01. The third kappa shape index (κ3) is 2.92. The van der Waals surface area contributed by atoms with Crippen molar-refractivity contribution in [2.45, 2.75) is 20.3 Å². The summed E-state index contributed by atoms with van der Waals surface area (Å²) in [6.45, 7) is 4.83. The molecule has 2 rings (SSSR count). The van der Waals surface area contributed by atoms with Gasteiger partial charge in [-0.25, -0.2) is 0 Å². The van der Waals surface area contributed by atoms with Gasteiger partial charge in [-0.3, -0.25) is 9.59 Å². The molecular formula is C15H20N2O3. The topological polar surface area (TPSA) is 60.9 Å².